The standard InChI is InChI=1S/C29H34F3N7O.CH2O2/c1-27(6-4-7-27)34-15-18-10-20-21(22(11-18)29(30,31)32)16-39(26(20)40)24-13-19(12-23(33-2)36-24)28(8-5-9-28)14-25-37-35-17-38(25)3;2-1-3/h10-13,17,34H,4-9,14-16H2,1-3H3,(H,33,36);1H,(H,2,3). The number of aromatic nitrogens is 4. The fourth-order valence-corrected chi connectivity index (χ4v) is 6.24. The van der Waals surface area contributed by atoms with Crippen molar-refractivity contribution in [3.63, 3.8) is 0 Å². The number of nitrogens with zero attached hydrogens (tertiary/aromatic N) is 5. The summed E-state index contributed by atoms with van der Waals surface area (Å²) in [5.41, 5.74) is 0.544. The van der Waals surface area contributed by atoms with Gasteiger partial charge in [-0.1, -0.05) is 6.42 Å². The minimum Gasteiger partial charge on any atom is -0.483 e. The van der Waals surface area contributed by atoms with Crippen LogP contribution in [-0.2, 0) is 42.9 Å². The maximum absolute atomic E-state index is 14.2. The van der Waals surface area contributed by atoms with Crippen molar-refractivity contribution in [1.29, 1.82) is 0 Å². The number of carbonyl (C=O) groups is 2. The highest BCUT2D eigenvalue weighted by Crippen LogP contribution is 2.48. The minimum atomic E-state index is -4.58. The Hall–Kier alpha value is -4.00. The molecule has 0 radical (unpaired) electrons. The van der Waals surface area contributed by atoms with E-state index in [1.807, 2.05) is 23.7 Å². The summed E-state index contributed by atoms with van der Waals surface area (Å²) in [6.45, 7) is 1.94. The van der Waals surface area contributed by atoms with E-state index in [0.29, 0.717) is 23.6 Å². The first-order valence-corrected chi connectivity index (χ1v) is 14.3. The Morgan fingerprint density at radius 1 is 1.12 bits per heavy atom. The highest BCUT2D eigenvalue weighted by Gasteiger charge is 2.43. The molecule has 0 saturated heterocycles. The molecule has 0 unspecified atom stereocenters. The zero-order valence-corrected chi connectivity index (χ0v) is 24.5. The number of carboxylic acid groups (broad SMARTS) is 1. The van der Waals surface area contributed by atoms with Crippen LogP contribution in [0.15, 0.2) is 30.6 Å². The number of halogens is 3. The van der Waals surface area contributed by atoms with Crippen LogP contribution in [0.25, 0.3) is 0 Å². The topological polar surface area (TPSA) is 125 Å². The molecule has 3 aliphatic rings. The number of aryl methyl sites for hydroxylation is 1. The second-order valence-electron chi connectivity index (χ2n) is 11.9. The first-order valence-electron chi connectivity index (χ1n) is 14.3. The molecule has 2 aromatic heterocycles. The molecule has 2 aliphatic carbocycles. The Morgan fingerprint density at radius 2 is 1.81 bits per heavy atom. The summed E-state index contributed by atoms with van der Waals surface area (Å²) in [6.07, 6.45) is 3.80. The van der Waals surface area contributed by atoms with Crippen LogP contribution in [0.5, 0.6) is 0 Å². The molecule has 10 nitrogen and oxygen atoms in total. The zero-order chi connectivity index (χ0) is 31.0. The van der Waals surface area contributed by atoms with Gasteiger partial charge < -0.3 is 20.3 Å². The third kappa shape index (κ3) is 5.95. The monoisotopic (exact) mass is 599 g/mol. The van der Waals surface area contributed by atoms with E-state index in [1.54, 1.807) is 19.4 Å². The van der Waals surface area contributed by atoms with Crippen LogP contribution >= 0.6 is 0 Å². The molecule has 1 aliphatic heterocycles. The van der Waals surface area contributed by atoms with Gasteiger partial charge >= 0.3 is 6.18 Å². The summed E-state index contributed by atoms with van der Waals surface area (Å²) >= 11 is 0. The number of carbonyl (C=O) groups excluding carboxylic acids is 1. The molecule has 0 bridgehead atoms. The summed E-state index contributed by atoms with van der Waals surface area (Å²) in [4.78, 5) is 28.1. The Kier molecular flexibility index (Phi) is 8.21. The SMILES string of the molecule is CNc1cc(C2(Cc3nncn3C)CCC2)cc(N2Cc3c(cc(CNC4(C)CCC4)cc3C(F)(F)F)C2=O)n1.O=CO. The van der Waals surface area contributed by atoms with E-state index in [9.17, 15) is 18.0 Å². The molecular weight excluding hydrogens is 563 g/mol. The number of rotatable bonds is 8. The van der Waals surface area contributed by atoms with Crippen molar-refractivity contribution in [2.75, 3.05) is 17.3 Å². The number of alkyl halides is 3. The third-order valence-corrected chi connectivity index (χ3v) is 9.15. The molecule has 2 fully saturated rings. The van der Waals surface area contributed by atoms with Crippen LogP contribution in [0.4, 0.5) is 24.8 Å². The molecule has 0 atom stereocenters. The van der Waals surface area contributed by atoms with Crippen LogP contribution < -0.4 is 15.5 Å². The third-order valence-electron chi connectivity index (χ3n) is 9.15. The summed E-state index contributed by atoms with van der Waals surface area (Å²) in [5, 5.41) is 21.6. The van der Waals surface area contributed by atoms with Gasteiger partial charge in [0.1, 0.15) is 23.8 Å². The van der Waals surface area contributed by atoms with E-state index in [1.165, 1.54) is 11.0 Å². The summed E-state index contributed by atoms with van der Waals surface area (Å²) < 4.78 is 44.6. The zero-order valence-electron chi connectivity index (χ0n) is 24.5. The highest BCUT2D eigenvalue weighted by atomic mass is 19.4. The van der Waals surface area contributed by atoms with Crippen molar-refractivity contribution < 1.29 is 27.9 Å². The normalized spacial score (nSPS) is 18.2. The van der Waals surface area contributed by atoms with E-state index < -0.39 is 17.6 Å². The van der Waals surface area contributed by atoms with Gasteiger partial charge in [0.25, 0.3) is 12.4 Å². The maximum atomic E-state index is 14.2. The number of nitrogens with one attached hydrogen (secondary N) is 2. The van der Waals surface area contributed by atoms with Crippen LogP contribution in [0, 0.1) is 0 Å². The smallest absolute Gasteiger partial charge is 0.416 e. The Balaban J connectivity index is 0.00000118. The second-order valence-corrected chi connectivity index (χ2v) is 11.9. The lowest BCUT2D eigenvalue weighted by Gasteiger charge is -2.42. The van der Waals surface area contributed by atoms with Gasteiger partial charge in [0.2, 0.25) is 0 Å². The largest absolute Gasteiger partial charge is 0.483 e. The Morgan fingerprint density at radius 3 is 2.35 bits per heavy atom. The molecule has 1 aromatic carbocycles. The van der Waals surface area contributed by atoms with Crippen molar-refractivity contribution in [3.05, 3.63) is 64.2 Å². The van der Waals surface area contributed by atoms with Crippen molar-refractivity contribution in [2.45, 2.75) is 82.1 Å². The van der Waals surface area contributed by atoms with E-state index in [-0.39, 0.29) is 41.6 Å². The van der Waals surface area contributed by atoms with E-state index in [4.69, 9.17) is 9.90 Å². The predicted molar refractivity (Wildman–Crippen MR) is 154 cm³/mol. The van der Waals surface area contributed by atoms with Crippen molar-refractivity contribution in [3.8, 4) is 0 Å². The van der Waals surface area contributed by atoms with Crippen LogP contribution in [0.2, 0.25) is 0 Å². The molecule has 230 valence electrons. The first kappa shape index (κ1) is 30.5. The van der Waals surface area contributed by atoms with E-state index >= 15 is 0 Å². The first-order chi connectivity index (χ1) is 20.4. The quantitative estimate of drug-likeness (QED) is 0.315. The molecule has 43 heavy (non-hydrogen) atoms. The highest BCUT2D eigenvalue weighted by molar-refractivity contribution is 6.10. The lowest BCUT2D eigenvalue weighted by Crippen LogP contribution is -2.47. The molecule has 3 aromatic rings. The van der Waals surface area contributed by atoms with E-state index in [0.717, 1.165) is 49.9 Å². The fourth-order valence-electron chi connectivity index (χ4n) is 6.24. The number of hydrogen-bond donors (Lipinski definition) is 3. The van der Waals surface area contributed by atoms with Crippen molar-refractivity contribution >= 4 is 24.0 Å². The predicted octanol–water partition coefficient (Wildman–Crippen LogP) is 4.83. The van der Waals surface area contributed by atoms with Gasteiger partial charge in [-0.2, -0.15) is 13.2 Å². The maximum Gasteiger partial charge on any atom is 0.416 e. The minimum absolute atomic E-state index is 0.00626. The van der Waals surface area contributed by atoms with Gasteiger partial charge in [0.05, 0.1) is 12.1 Å². The van der Waals surface area contributed by atoms with Gasteiger partial charge in [-0.05, 0) is 80.0 Å². The number of anilines is 2. The Labute approximate surface area is 247 Å². The molecule has 3 N–H and O–H groups in total. The molecule has 1 amide bonds. The molecule has 3 heterocycles. The molecular formula is C30H36F3N7O3. The average molecular weight is 600 g/mol. The number of amides is 1. The average Bonchev–Trinajstić information content (AvgIpc) is 3.49. The van der Waals surface area contributed by atoms with Gasteiger partial charge in [-0.15, -0.1) is 10.2 Å². The Bertz CT molecular complexity index is 1510. The van der Waals surface area contributed by atoms with Crippen LogP contribution in [0.3, 0.4) is 0 Å². The fraction of sp³-hybridized carbons (Fsp3) is 0.500. The second kappa shape index (κ2) is 11.6. The van der Waals surface area contributed by atoms with Gasteiger partial charge in [0.15, 0.2) is 0 Å². The summed E-state index contributed by atoms with van der Waals surface area (Å²) in [7, 11) is 3.66. The summed E-state index contributed by atoms with van der Waals surface area (Å²) in [5.74, 6) is 1.32. The lowest BCUT2D eigenvalue weighted by molar-refractivity contribution is -0.138. The van der Waals surface area contributed by atoms with Gasteiger partial charge in [0, 0.05) is 43.6 Å². The number of fused-ring (bicyclic) bond motifs is 1. The van der Waals surface area contributed by atoms with E-state index in [2.05, 4.69) is 32.7 Å². The lowest BCUT2D eigenvalue weighted by atomic mass is 9.62. The van der Waals surface area contributed by atoms with Crippen molar-refractivity contribution in [2.24, 2.45) is 7.05 Å². The summed E-state index contributed by atoms with van der Waals surface area (Å²) in [6, 6.07) is 6.65. The number of benzene rings is 1. The number of pyridine rings is 1. The molecule has 13 heteroatoms. The van der Waals surface area contributed by atoms with Crippen molar-refractivity contribution in [1.82, 2.24) is 25.1 Å². The molecule has 6 rings (SSSR count). The van der Waals surface area contributed by atoms with Crippen LogP contribution in [-0.4, -0.2) is 49.8 Å². The van der Waals surface area contributed by atoms with Gasteiger partial charge in [-0.3, -0.25) is 14.5 Å². The van der Waals surface area contributed by atoms with Gasteiger partial charge in [-0.25, -0.2) is 4.98 Å². The molecule has 0 spiro atoms. The molecule has 2 saturated carbocycles. The van der Waals surface area contributed by atoms with Crippen LogP contribution in [0.1, 0.15) is 83.9 Å². The number of hydrogen-bond acceptors (Lipinski definition) is 7.